The third kappa shape index (κ3) is 3.49. The number of rotatable bonds is 5. The predicted octanol–water partition coefficient (Wildman–Crippen LogP) is 4.41. The molecule has 3 aromatic heterocycles. The lowest BCUT2D eigenvalue weighted by Gasteiger charge is -2.12. The number of carbonyl (C=O) groups is 1. The molecular formula is C23H23N5O. The number of anilines is 1. The van der Waals surface area contributed by atoms with Crippen LogP contribution in [0.5, 0.6) is 0 Å². The molecular weight excluding hydrogens is 362 g/mol. The average Bonchev–Trinajstić information content (AvgIpc) is 3.07. The van der Waals surface area contributed by atoms with E-state index in [1.54, 1.807) is 17.1 Å². The molecule has 4 aromatic rings. The highest BCUT2D eigenvalue weighted by Crippen LogP contribution is 2.26. The molecule has 0 unspecified atom stereocenters. The minimum Gasteiger partial charge on any atom is -0.307 e. The Labute approximate surface area is 169 Å². The Bertz CT molecular complexity index is 1180. The summed E-state index contributed by atoms with van der Waals surface area (Å²) in [5.74, 6) is 0.576. The van der Waals surface area contributed by atoms with E-state index in [9.17, 15) is 4.79 Å². The predicted molar refractivity (Wildman–Crippen MR) is 115 cm³/mol. The smallest absolute Gasteiger partial charge is 0.257 e. The fourth-order valence-corrected chi connectivity index (χ4v) is 3.64. The fourth-order valence-electron chi connectivity index (χ4n) is 3.64. The number of hydrogen-bond acceptors (Lipinski definition) is 4. The maximum Gasteiger partial charge on any atom is 0.257 e. The van der Waals surface area contributed by atoms with E-state index in [0.717, 1.165) is 52.1 Å². The zero-order valence-corrected chi connectivity index (χ0v) is 16.8. The number of hydrogen-bond donors (Lipinski definition) is 1. The summed E-state index contributed by atoms with van der Waals surface area (Å²) in [7, 11) is 1.86. The summed E-state index contributed by atoms with van der Waals surface area (Å²) in [5, 5.41) is 8.46. The molecule has 3 heterocycles. The van der Waals surface area contributed by atoms with E-state index in [4.69, 9.17) is 4.98 Å². The van der Waals surface area contributed by atoms with Crippen molar-refractivity contribution in [2.24, 2.45) is 7.05 Å². The summed E-state index contributed by atoms with van der Waals surface area (Å²) in [6.07, 6.45) is 5.11. The molecule has 1 amide bonds. The Morgan fingerprint density at radius 3 is 2.66 bits per heavy atom. The number of nitrogens with one attached hydrogen (secondary N) is 1. The number of para-hydroxylation sites is 1. The molecule has 0 bridgehead atoms. The van der Waals surface area contributed by atoms with Crippen LogP contribution in [0.2, 0.25) is 0 Å². The molecule has 6 nitrogen and oxygen atoms in total. The third-order valence-corrected chi connectivity index (χ3v) is 5.07. The second-order valence-electron chi connectivity index (χ2n) is 6.87. The molecule has 0 fully saturated rings. The van der Waals surface area contributed by atoms with Crippen LogP contribution < -0.4 is 5.32 Å². The van der Waals surface area contributed by atoms with Gasteiger partial charge in [0, 0.05) is 36.0 Å². The van der Waals surface area contributed by atoms with Crippen LogP contribution in [0, 0.1) is 0 Å². The van der Waals surface area contributed by atoms with Crippen LogP contribution in [0.1, 0.15) is 35.5 Å². The van der Waals surface area contributed by atoms with Crippen molar-refractivity contribution in [1.82, 2.24) is 19.7 Å². The SMILES string of the molecule is CCc1nn(C)c(NC(=O)c2cc(-c3cccnc3)nc3ccccc23)c1CC. The molecule has 29 heavy (non-hydrogen) atoms. The maximum atomic E-state index is 13.3. The Balaban J connectivity index is 1.81. The molecule has 0 saturated carbocycles. The van der Waals surface area contributed by atoms with E-state index < -0.39 is 0 Å². The van der Waals surface area contributed by atoms with Crippen LogP contribution in [-0.2, 0) is 19.9 Å². The van der Waals surface area contributed by atoms with E-state index in [0.29, 0.717) is 5.56 Å². The van der Waals surface area contributed by atoms with Crippen molar-refractivity contribution in [2.75, 3.05) is 5.32 Å². The number of fused-ring (bicyclic) bond motifs is 1. The van der Waals surface area contributed by atoms with E-state index in [1.807, 2.05) is 49.5 Å². The highest BCUT2D eigenvalue weighted by Gasteiger charge is 2.19. The van der Waals surface area contributed by atoms with Gasteiger partial charge in [0.25, 0.3) is 5.91 Å². The largest absolute Gasteiger partial charge is 0.307 e. The van der Waals surface area contributed by atoms with Crippen molar-refractivity contribution >= 4 is 22.6 Å². The van der Waals surface area contributed by atoms with Gasteiger partial charge < -0.3 is 5.32 Å². The highest BCUT2D eigenvalue weighted by atomic mass is 16.1. The first-order valence-electron chi connectivity index (χ1n) is 9.78. The van der Waals surface area contributed by atoms with Gasteiger partial charge in [-0.2, -0.15) is 5.10 Å². The lowest BCUT2D eigenvalue weighted by molar-refractivity contribution is 0.102. The molecule has 0 aliphatic heterocycles. The van der Waals surface area contributed by atoms with Gasteiger partial charge in [-0.1, -0.05) is 32.0 Å². The summed E-state index contributed by atoms with van der Waals surface area (Å²) >= 11 is 0. The van der Waals surface area contributed by atoms with E-state index in [1.165, 1.54) is 0 Å². The second kappa shape index (κ2) is 7.83. The van der Waals surface area contributed by atoms with Gasteiger partial charge in [0.1, 0.15) is 5.82 Å². The number of carbonyl (C=O) groups excluding carboxylic acids is 1. The van der Waals surface area contributed by atoms with Crippen LogP contribution in [-0.4, -0.2) is 25.7 Å². The quantitative estimate of drug-likeness (QED) is 0.552. The van der Waals surface area contributed by atoms with Crippen LogP contribution in [0.15, 0.2) is 54.9 Å². The molecule has 0 aliphatic rings. The molecule has 0 saturated heterocycles. The molecule has 1 aromatic carbocycles. The summed E-state index contributed by atoms with van der Waals surface area (Å²) in [5.41, 5.74) is 5.03. The number of aromatic nitrogens is 4. The zero-order chi connectivity index (χ0) is 20.4. The van der Waals surface area contributed by atoms with Crippen molar-refractivity contribution in [3.63, 3.8) is 0 Å². The molecule has 0 spiro atoms. The minimum absolute atomic E-state index is 0.172. The van der Waals surface area contributed by atoms with Gasteiger partial charge in [-0.25, -0.2) is 4.98 Å². The summed E-state index contributed by atoms with van der Waals surface area (Å²) < 4.78 is 1.75. The van der Waals surface area contributed by atoms with E-state index in [2.05, 4.69) is 29.2 Å². The Morgan fingerprint density at radius 2 is 1.93 bits per heavy atom. The molecule has 0 radical (unpaired) electrons. The maximum absolute atomic E-state index is 13.3. The lowest BCUT2D eigenvalue weighted by atomic mass is 10.0. The van der Waals surface area contributed by atoms with Crippen LogP contribution in [0.3, 0.4) is 0 Å². The molecule has 0 atom stereocenters. The van der Waals surface area contributed by atoms with Gasteiger partial charge >= 0.3 is 0 Å². The zero-order valence-electron chi connectivity index (χ0n) is 16.8. The van der Waals surface area contributed by atoms with Gasteiger partial charge in [-0.3, -0.25) is 14.5 Å². The van der Waals surface area contributed by atoms with Crippen molar-refractivity contribution in [3.8, 4) is 11.3 Å². The summed E-state index contributed by atoms with van der Waals surface area (Å²) in [6, 6.07) is 13.3. The first kappa shape index (κ1) is 18.8. The number of benzene rings is 1. The normalized spacial score (nSPS) is 11.0. The second-order valence-corrected chi connectivity index (χ2v) is 6.87. The number of nitrogens with zero attached hydrogens (tertiary/aromatic N) is 4. The summed E-state index contributed by atoms with van der Waals surface area (Å²) in [4.78, 5) is 22.2. The molecule has 1 N–H and O–H groups in total. The van der Waals surface area contributed by atoms with Crippen LogP contribution in [0.4, 0.5) is 5.82 Å². The first-order valence-corrected chi connectivity index (χ1v) is 9.78. The molecule has 6 heteroatoms. The van der Waals surface area contributed by atoms with Gasteiger partial charge in [0.05, 0.1) is 22.5 Å². The van der Waals surface area contributed by atoms with Crippen LogP contribution >= 0.6 is 0 Å². The van der Waals surface area contributed by atoms with Crippen LogP contribution in [0.25, 0.3) is 22.2 Å². The molecule has 146 valence electrons. The fraction of sp³-hybridized carbons (Fsp3) is 0.217. The van der Waals surface area contributed by atoms with Gasteiger partial charge in [0.15, 0.2) is 0 Å². The third-order valence-electron chi connectivity index (χ3n) is 5.07. The Hall–Kier alpha value is -3.54. The van der Waals surface area contributed by atoms with Crippen molar-refractivity contribution in [2.45, 2.75) is 26.7 Å². The van der Waals surface area contributed by atoms with Gasteiger partial charge in [-0.15, -0.1) is 0 Å². The first-order chi connectivity index (χ1) is 14.1. The Morgan fingerprint density at radius 1 is 1.10 bits per heavy atom. The number of amides is 1. The number of pyridine rings is 2. The number of aryl methyl sites for hydroxylation is 2. The minimum atomic E-state index is -0.172. The van der Waals surface area contributed by atoms with Crippen molar-refractivity contribution in [3.05, 3.63) is 71.7 Å². The van der Waals surface area contributed by atoms with E-state index in [-0.39, 0.29) is 5.91 Å². The Kier molecular flexibility index (Phi) is 5.08. The van der Waals surface area contributed by atoms with Crippen molar-refractivity contribution in [1.29, 1.82) is 0 Å². The highest BCUT2D eigenvalue weighted by molar-refractivity contribution is 6.13. The standard InChI is InChI=1S/C23H23N5O/c1-4-16-19(5-2)27-28(3)22(16)26-23(29)18-13-21(15-9-8-12-24-14-15)25-20-11-7-6-10-17(18)20/h6-14H,4-5H2,1-3H3,(H,26,29). The van der Waals surface area contributed by atoms with Crippen molar-refractivity contribution < 1.29 is 4.79 Å². The average molecular weight is 385 g/mol. The van der Waals surface area contributed by atoms with Gasteiger partial charge in [0.2, 0.25) is 0 Å². The van der Waals surface area contributed by atoms with E-state index >= 15 is 0 Å². The monoisotopic (exact) mass is 385 g/mol. The molecule has 0 aliphatic carbocycles. The summed E-state index contributed by atoms with van der Waals surface area (Å²) in [6.45, 7) is 4.15. The van der Waals surface area contributed by atoms with Gasteiger partial charge in [-0.05, 0) is 37.1 Å². The topological polar surface area (TPSA) is 72.7 Å². The lowest BCUT2D eigenvalue weighted by Crippen LogP contribution is -2.16. The molecule has 4 rings (SSSR count).